The maximum absolute atomic E-state index is 10.6. The van der Waals surface area contributed by atoms with Gasteiger partial charge in [0.2, 0.25) is 5.91 Å². The number of nitrogens with two attached hydrogens (primary N) is 2. The van der Waals surface area contributed by atoms with Crippen molar-refractivity contribution >= 4 is 11.6 Å². The van der Waals surface area contributed by atoms with E-state index in [4.69, 9.17) is 11.6 Å². The molecule has 1 aromatic rings. The molecule has 0 aromatic heterocycles. The summed E-state index contributed by atoms with van der Waals surface area (Å²) in [5.41, 5.74) is 7.06. The van der Waals surface area contributed by atoms with Gasteiger partial charge in [-0.2, -0.15) is 0 Å². The number of hydrogen-bond acceptors (Lipinski definition) is 3. The molecule has 0 fully saturated rings. The van der Waals surface area contributed by atoms with Gasteiger partial charge < -0.3 is 10.7 Å². The Morgan fingerprint density at radius 2 is 1.93 bits per heavy atom. The fraction of sp³-hybridized carbons (Fsp3) is 0.300. The van der Waals surface area contributed by atoms with Crippen LogP contribution in [0.1, 0.15) is 12.5 Å². The summed E-state index contributed by atoms with van der Waals surface area (Å²) in [5, 5.41) is 1.34. The summed E-state index contributed by atoms with van der Waals surface area (Å²) in [4.78, 5) is 10.6. The molecule has 0 saturated heterocycles. The highest BCUT2D eigenvalue weighted by molar-refractivity contribution is 5.79. The van der Waals surface area contributed by atoms with Gasteiger partial charge in [0.15, 0.2) is 0 Å². The molecule has 0 spiro atoms. The number of hydrazine groups is 1. The van der Waals surface area contributed by atoms with Gasteiger partial charge in [-0.25, -0.2) is 5.84 Å². The lowest BCUT2D eigenvalue weighted by molar-refractivity contribution is -0.116. The third kappa shape index (κ3) is 2.74. The molecule has 0 radical (unpaired) electrons. The highest BCUT2D eigenvalue weighted by Gasteiger charge is 2.03. The van der Waals surface area contributed by atoms with E-state index in [2.05, 4.69) is 6.92 Å². The highest BCUT2D eigenvalue weighted by atomic mass is 16.1. The SMILES string of the molecule is CCc1ccc(N(N)CC(N)=O)cc1. The average molecular weight is 193 g/mol. The first kappa shape index (κ1) is 10.5. The fourth-order valence-electron chi connectivity index (χ4n) is 1.18. The number of anilines is 1. The Morgan fingerprint density at radius 3 is 2.36 bits per heavy atom. The number of carbonyl (C=O) groups is 1. The number of hydrogen-bond donors (Lipinski definition) is 2. The van der Waals surface area contributed by atoms with Gasteiger partial charge in [0.25, 0.3) is 0 Å². The number of primary amides is 1. The first-order valence-electron chi connectivity index (χ1n) is 4.53. The lowest BCUT2D eigenvalue weighted by Gasteiger charge is -2.16. The van der Waals surface area contributed by atoms with Crippen LogP contribution in [0.25, 0.3) is 0 Å². The second kappa shape index (κ2) is 4.62. The summed E-state index contributed by atoms with van der Waals surface area (Å²) in [6.07, 6.45) is 0.987. The van der Waals surface area contributed by atoms with Gasteiger partial charge >= 0.3 is 0 Å². The molecular formula is C10H15N3O. The molecule has 0 aliphatic rings. The smallest absolute Gasteiger partial charge is 0.238 e. The van der Waals surface area contributed by atoms with Gasteiger partial charge in [0.05, 0.1) is 5.69 Å². The molecule has 76 valence electrons. The minimum absolute atomic E-state index is 0.0332. The van der Waals surface area contributed by atoms with Crippen LogP contribution in [-0.4, -0.2) is 12.5 Å². The zero-order valence-corrected chi connectivity index (χ0v) is 8.23. The highest BCUT2D eigenvalue weighted by Crippen LogP contribution is 2.12. The molecule has 0 atom stereocenters. The maximum Gasteiger partial charge on any atom is 0.238 e. The third-order valence-corrected chi connectivity index (χ3v) is 2.00. The van der Waals surface area contributed by atoms with E-state index in [0.717, 1.165) is 12.1 Å². The van der Waals surface area contributed by atoms with E-state index < -0.39 is 5.91 Å². The summed E-state index contributed by atoms with van der Waals surface area (Å²) < 4.78 is 0. The second-order valence-corrected chi connectivity index (χ2v) is 3.11. The topological polar surface area (TPSA) is 72.3 Å². The molecule has 0 aliphatic carbocycles. The summed E-state index contributed by atoms with van der Waals surface area (Å²) in [6.45, 7) is 2.12. The van der Waals surface area contributed by atoms with Crippen molar-refractivity contribution in [3.05, 3.63) is 29.8 Å². The maximum atomic E-state index is 10.6. The van der Waals surface area contributed by atoms with Crippen molar-refractivity contribution in [3.8, 4) is 0 Å². The molecule has 1 rings (SSSR count). The molecule has 0 aliphatic heterocycles. The molecule has 0 unspecified atom stereocenters. The number of carbonyl (C=O) groups excluding carboxylic acids is 1. The first-order valence-corrected chi connectivity index (χ1v) is 4.53. The molecule has 4 heteroatoms. The van der Waals surface area contributed by atoms with Crippen molar-refractivity contribution in [2.24, 2.45) is 11.6 Å². The molecule has 4 nitrogen and oxygen atoms in total. The number of aryl methyl sites for hydroxylation is 1. The number of nitrogens with zero attached hydrogens (tertiary/aromatic N) is 1. The molecule has 4 N–H and O–H groups in total. The van der Waals surface area contributed by atoms with Crippen LogP contribution in [0.15, 0.2) is 24.3 Å². The summed E-state index contributed by atoms with van der Waals surface area (Å²) >= 11 is 0. The van der Waals surface area contributed by atoms with Gasteiger partial charge in [-0.05, 0) is 24.1 Å². The van der Waals surface area contributed by atoms with Gasteiger partial charge in [-0.1, -0.05) is 19.1 Å². The standard InChI is InChI=1S/C10H15N3O/c1-2-8-3-5-9(6-4-8)13(12)7-10(11)14/h3-6H,2,7,12H2,1H3,(H2,11,14). The zero-order chi connectivity index (χ0) is 10.6. The Hall–Kier alpha value is -1.55. The summed E-state index contributed by atoms with van der Waals surface area (Å²) in [7, 11) is 0. The van der Waals surface area contributed by atoms with Crippen LogP contribution in [0, 0.1) is 0 Å². The number of benzene rings is 1. The molecule has 0 saturated carbocycles. The molecule has 0 bridgehead atoms. The van der Waals surface area contributed by atoms with Crippen LogP contribution >= 0.6 is 0 Å². The van der Waals surface area contributed by atoms with Crippen molar-refractivity contribution in [2.75, 3.05) is 11.6 Å². The zero-order valence-electron chi connectivity index (χ0n) is 8.23. The Balaban J connectivity index is 2.71. The van der Waals surface area contributed by atoms with E-state index in [9.17, 15) is 4.79 Å². The van der Waals surface area contributed by atoms with Gasteiger partial charge in [-0.3, -0.25) is 4.79 Å². The van der Waals surface area contributed by atoms with Crippen LogP contribution in [0.2, 0.25) is 0 Å². The lowest BCUT2D eigenvalue weighted by atomic mass is 10.1. The monoisotopic (exact) mass is 193 g/mol. The molecular weight excluding hydrogens is 178 g/mol. The van der Waals surface area contributed by atoms with E-state index >= 15 is 0 Å². The van der Waals surface area contributed by atoms with Crippen LogP contribution in [-0.2, 0) is 11.2 Å². The minimum atomic E-state index is -0.438. The van der Waals surface area contributed by atoms with E-state index in [-0.39, 0.29) is 6.54 Å². The largest absolute Gasteiger partial charge is 0.368 e. The number of rotatable bonds is 4. The van der Waals surface area contributed by atoms with Crippen LogP contribution in [0.5, 0.6) is 0 Å². The third-order valence-electron chi connectivity index (χ3n) is 2.00. The predicted molar refractivity (Wildman–Crippen MR) is 56.5 cm³/mol. The average Bonchev–Trinajstić information content (AvgIpc) is 2.17. The molecule has 0 heterocycles. The van der Waals surface area contributed by atoms with Gasteiger partial charge in [0.1, 0.15) is 6.54 Å². The first-order chi connectivity index (χ1) is 6.63. The normalized spacial score (nSPS) is 9.86. The Bertz CT molecular complexity index is 308. The van der Waals surface area contributed by atoms with Crippen LogP contribution in [0.4, 0.5) is 5.69 Å². The van der Waals surface area contributed by atoms with E-state index in [0.29, 0.717) is 0 Å². The van der Waals surface area contributed by atoms with Crippen molar-refractivity contribution < 1.29 is 4.79 Å². The Morgan fingerprint density at radius 1 is 1.36 bits per heavy atom. The van der Waals surface area contributed by atoms with E-state index in [1.807, 2.05) is 24.3 Å². The van der Waals surface area contributed by atoms with E-state index in [1.54, 1.807) is 0 Å². The van der Waals surface area contributed by atoms with Gasteiger partial charge in [-0.15, -0.1) is 0 Å². The van der Waals surface area contributed by atoms with Crippen molar-refractivity contribution in [2.45, 2.75) is 13.3 Å². The van der Waals surface area contributed by atoms with Crippen molar-refractivity contribution in [1.29, 1.82) is 0 Å². The molecule has 1 aromatic carbocycles. The van der Waals surface area contributed by atoms with Crippen molar-refractivity contribution in [1.82, 2.24) is 0 Å². The van der Waals surface area contributed by atoms with Crippen molar-refractivity contribution in [3.63, 3.8) is 0 Å². The minimum Gasteiger partial charge on any atom is -0.368 e. The number of amides is 1. The summed E-state index contributed by atoms with van der Waals surface area (Å²) in [6, 6.07) is 7.72. The van der Waals surface area contributed by atoms with Crippen LogP contribution in [0.3, 0.4) is 0 Å². The second-order valence-electron chi connectivity index (χ2n) is 3.11. The summed E-state index contributed by atoms with van der Waals surface area (Å²) in [5.74, 6) is 5.18. The molecule has 14 heavy (non-hydrogen) atoms. The Labute approximate surface area is 83.5 Å². The van der Waals surface area contributed by atoms with Crippen LogP contribution < -0.4 is 16.6 Å². The van der Waals surface area contributed by atoms with Gasteiger partial charge in [0, 0.05) is 0 Å². The molecule has 1 amide bonds. The Kier molecular flexibility index (Phi) is 3.48. The fourth-order valence-corrected chi connectivity index (χ4v) is 1.18. The predicted octanol–water partition coefficient (Wildman–Crippen LogP) is 0.414. The van der Waals surface area contributed by atoms with E-state index in [1.165, 1.54) is 10.6 Å². The quantitative estimate of drug-likeness (QED) is 0.537. The lowest BCUT2D eigenvalue weighted by Crippen LogP contribution is -2.38.